The highest BCUT2D eigenvalue weighted by atomic mass is 32.2. The van der Waals surface area contributed by atoms with Gasteiger partial charge in [0.1, 0.15) is 10.8 Å². The number of halogens is 1. The van der Waals surface area contributed by atoms with Gasteiger partial charge in [0.25, 0.3) is 0 Å². The third-order valence-electron chi connectivity index (χ3n) is 3.31. The van der Waals surface area contributed by atoms with Gasteiger partial charge >= 0.3 is 0 Å². The summed E-state index contributed by atoms with van der Waals surface area (Å²) >= 11 is 1.36. The van der Waals surface area contributed by atoms with E-state index in [1.54, 1.807) is 12.1 Å². The minimum Gasteiger partial charge on any atom is -0.355 e. The molecule has 1 heterocycles. The highest BCUT2D eigenvalue weighted by molar-refractivity contribution is 7.99. The van der Waals surface area contributed by atoms with Gasteiger partial charge in [-0.15, -0.1) is 0 Å². The van der Waals surface area contributed by atoms with Crippen molar-refractivity contribution >= 4 is 17.7 Å². The van der Waals surface area contributed by atoms with E-state index in [4.69, 9.17) is 0 Å². The third kappa shape index (κ3) is 5.92. The number of thioether (sulfide) groups is 1. The van der Waals surface area contributed by atoms with Crippen LogP contribution in [0.15, 0.2) is 35.4 Å². The van der Waals surface area contributed by atoms with E-state index in [0.29, 0.717) is 34.6 Å². The lowest BCUT2D eigenvalue weighted by Crippen LogP contribution is -2.26. The van der Waals surface area contributed by atoms with Gasteiger partial charge in [0.2, 0.25) is 5.91 Å². The topological polar surface area (TPSA) is 54.9 Å². The zero-order valence-electron chi connectivity index (χ0n) is 14.2. The minimum absolute atomic E-state index is 0.00998. The molecule has 0 saturated heterocycles. The Kier molecular flexibility index (Phi) is 6.73. The van der Waals surface area contributed by atoms with Crippen LogP contribution >= 0.6 is 11.8 Å². The van der Waals surface area contributed by atoms with Crippen molar-refractivity contribution in [3.63, 3.8) is 0 Å². The fourth-order valence-electron chi connectivity index (χ4n) is 2.06. The number of nitrogens with one attached hydrogen (secondary N) is 1. The van der Waals surface area contributed by atoms with E-state index in [9.17, 15) is 9.18 Å². The summed E-state index contributed by atoms with van der Waals surface area (Å²) in [6.45, 7) is 6.79. The van der Waals surface area contributed by atoms with Crippen molar-refractivity contribution in [3.8, 4) is 11.4 Å². The van der Waals surface area contributed by atoms with Gasteiger partial charge in [-0.1, -0.05) is 37.7 Å². The maximum atomic E-state index is 13.4. The summed E-state index contributed by atoms with van der Waals surface area (Å²) in [6, 6.07) is 8.02. The molecule has 0 atom stereocenters. The number of rotatable bonds is 7. The second-order valence-corrected chi connectivity index (χ2v) is 7.00. The molecule has 0 fully saturated rings. The summed E-state index contributed by atoms with van der Waals surface area (Å²) in [5.74, 6) is 1.01. The maximum absolute atomic E-state index is 13.4. The summed E-state index contributed by atoms with van der Waals surface area (Å²) in [4.78, 5) is 20.6. The van der Waals surface area contributed by atoms with Crippen LogP contribution in [0.25, 0.3) is 11.4 Å². The van der Waals surface area contributed by atoms with Crippen molar-refractivity contribution in [2.75, 3.05) is 12.3 Å². The molecule has 1 aromatic heterocycles. The normalized spacial score (nSPS) is 10.9. The first-order chi connectivity index (χ1) is 11.4. The summed E-state index contributed by atoms with van der Waals surface area (Å²) in [5, 5.41) is 3.61. The second-order valence-electron chi connectivity index (χ2n) is 6.00. The number of aromatic nitrogens is 2. The summed E-state index contributed by atoms with van der Waals surface area (Å²) in [7, 11) is 0. The molecule has 0 aliphatic carbocycles. The molecular weight excluding hydrogens is 325 g/mol. The lowest BCUT2D eigenvalue weighted by Gasteiger charge is -2.08. The molecule has 0 bridgehead atoms. The molecule has 1 amide bonds. The minimum atomic E-state index is -0.323. The Morgan fingerprint density at radius 2 is 2.08 bits per heavy atom. The predicted octanol–water partition coefficient (Wildman–Crippen LogP) is 3.85. The van der Waals surface area contributed by atoms with Crippen molar-refractivity contribution in [2.24, 2.45) is 5.92 Å². The predicted molar refractivity (Wildman–Crippen MR) is 95.4 cm³/mol. The number of carbonyl (C=O) groups is 1. The zero-order chi connectivity index (χ0) is 17.5. The van der Waals surface area contributed by atoms with Crippen LogP contribution in [0.5, 0.6) is 0 Å². The van der Waals surface area contributed by atoms with Crippen LogP contribution in [0, 0.1) is 18.7 Å². The Morgan fingerprint density at radius 3 is 2.79 bits per heavy atom. The van der Waals surface area contributed by atoms with Crippen LogP contribution in [0.4, 0.5) is 4.39 Å². The lowest BCUT2D eigenvalue weighted by atomic mass is 10.1. The summed E-state index contributed by atoms with van der Waals surface area (Å²) < 4.78 is 13.4. The molecule has 2 aromatic rings. The third-order valence-corrected chi connectivity index (χ3v) is 4.22. The molecule has 0 saturated carbocycles. The van der Waals surface area contributed by atoms with Gasteiger partial charge in [0.05, 0.1) is 5.75 Å². The molecule has 2 rings (SSSR count). The number of amides is 1. The Bertz CT molecular complexity index is 706. The largest absolute Gasteiger partial charge is 0.355 e. The molecule has 4 nitrogen and oxygen atoms in total. The van der Waals surface area contributed by atoms with Gasteiger partial charge < -0.3 is 5.32 Å². The Morgan fingerprint density at radius 1 is 1.29 bits per heavy atom. The van der Waals surface area contributed by atoms with Crippen LogP contribution in [-0.4, -0.2) is 28.2 Å². The van der Waals surface area contributed by atoms with Crippen LogP contribution < -0.4 is 5.32 Å². The highest BCUT2D eigenvalue weighted by Crippen LogP contribution is 2.22. The summed E-state index contributed by atoms with van der Waals surface area (Å²) in [6.07, 6.45) is 0.965. The van der Waals surface area contributed by atoms with E-state index < -0.39 is 0 Å². The van der Waals surface area contributed by atoms with E-state index in [1.807, 2.05) is 13.0 Å². The van der Waals surface area contributed by atoms with E-state index in [-0.39, 0.29) is 11.7 Å². The van der Waals surface area contributed by atoms with E-state index in [0.717, 1.165) is 12.1 Å². The highest BCUT2D eigenvalue weighted by Gasteiger charge is 2.09. The summed E-state index contributed by atoms with van der Waals surface area (Å²) in [5.41, 5.74) is 1.41. The Hall–Kier alpha value is -1.95. The molecule has 24 heavy (non-hydrogen) atoms. The van der Waals surface area contributed by atoms with E-state index in [2.05, 4.69) is 29.1 Å². The number of benzene rings is 1. The van der Waals surface area contributed by atoms with Crippen molar-refractivity contribution in [1.82, 2.24) is 15.3 Å². The number of hydrogen-bond donors (Lipinski definition) is 1. The molecule has 0 aliphatic rings. The molecule has 0 unspecified atom stereocenters. The molecule has 1 N–H and O–H groups in total. The molecule has 0 radical (unpaired) electrons. The van der Waals surface area contributed by atoms with Gasteiger partial charge in [0, 0.05) is 17.8 Å². The van der Waals surface area contributed by atoms with Crippen LogP contribution in [0.2, 0.25) is 0 Å². The Balaban J connectivity index is 2.00. The second kappa shape index (κ2) is 8.78. The van der Waals surface area contributed by atoms with Crippen molar-refractivity contribution in [2.45, 2.75) is 32.2 Å². The number of hydrogen-bond acceptors (Lipinski definition) is 4. The fourth-order valence-corrected chi connectivity index (χ4v) is 2.85. The average molecular weight is 347 g/mol. The molecule has 0 spiro atoms. The lowest BCUT2D eigenvalue weighted by molar-refractivity contribution is -0.118. The van der Waals surface area contributed by atoms with Gasteiger partial charge in [-0.3, -0.25) is 4.79 Å². The average Bonchev–Trinajstić information content (AvgIpc) is 2.52. The number of nitrogens with zero attached hydrogens (tertiary/aromatic N) is 2. The first-order valence-corrected chi connectivity index (χ1v) is 8.93. The van der Waals surface area contributed by atoms with Crippen molar-refractivity contribution in [1.29, 1.82) is 0 Å². The van der Waals surface area contributed by atoms with Crippen molar-refractivity contribution in [3.05, 3.63) is 41.8 Å². The van der Waals surface area contributed by atoms with E-state index >= 15 is 0 Å². The monoisotopic (exact) mass is 347 g/mol. The first-order valence-electron chi connectivity index (χ1n) is 7.95. The Labute approximate surface area is 146 Å². The standard InChI is InChI=1S/C18H22FN3OS/c1-12(2)7-8-20-16(23)11-24-17-9-13(3)21-18(22-17)14-5-4-6-15(19)10-14/h4-6,9-10,12H,7-8,11H2,1-3H3,(H,20,23). The van der Waals surface area contributed by atoms with E-state index in [1.165, 1.54) is 23.9 Å². The van der Waals surface area contributed by atoms with Crippen molar-refractivity contribution < 1.29 is 9.18 Å². The molecular formula is C18H22FN3OS. The number of aryl methyl sites for hydroxylation is 1. The van der Waals surface area contributed by atoms with Gasteiger partial charge in [-0.25, -0.2) is 14.4 Å². The smallest absolute Gasteiger partial charge is 0.230 e. The molecule has 128 valence electrons. The molecule has 0 aliphatic heterocycles. The fraction of sp³-hybridized carbons (Fsp3) is 0.389. The van der Waals surface area contributed by atoms with Crippen LogP contribution in [0.1, 0.15) is 26.0 Å². The number of carbonyl (C=O) groups excluding carboxylic acids is 1. The van der Waals surface area contributed by atoms with Crippen LogP contribution in [-0.2, 0) is 4.79 Å². The van der Waals surface area contributed by atoms with Gasteiger partial charge in [-0.2, -0.15) is 0 Å². The van der Waals surface area contributed by atoms with Gasteiger partial charge in [-0.05, 0) is 37.5 Å². The zero-order valence-corrected chi connectivity index (χ0v) is 15.0. The maximum Gasteiger partial charge on any atom is 0.230 e. The molecule has 1 aromatic carbocycles. The van der Waals surface area contributed by atoms with Crippen LogP contribution in [0.3, 0.4) is 0 Å². The van der Waals surface area contributed by atoms with Gasteiger partial charge in [0.15, 0.2) is 5.82 Å². The first kappa shape index (κ1) is 18.4. The molecule has 6 heteroatoms. The SMILES string of the molecule is Cc1cc(SCC(=O)NCCC(C)C)nc(-c2cccc(F)c2)n1. The quantitative estimate of drug-likeness (QED) is 0.611.